The first kappa shape index (κ1) is 29.3. The maximum Gasteiger partial charge on any atom is 0.244 e. The molecule has 2 aromatic carbocycles. The predicted octanol–water partition coefficient (Wildman–Crippen LogP) is 3.89. The Kier molecular flexibility index (Phi) is 10.5. The van der Waals surface area contributed by atoms with Gasteiger partial charge in [0.25, 0.3) is 0 Å². The van der Waals surface area contributed by atoms with Crippen LogP contribution >= 0.6 is 11.6 Å². The lowest BCUT2D eigenvalue weighted by Crippen LogP contribution is -2.52. The normalized spacial score (nSPS) is 12.2. The molecule has 2 rings (SSSR count). The molecule has 0 unspecified atom stereocenters. The zero-order chi connectivity index (χ0) is 27.0. The van der Waals surface area contributed by atoms with Crippen LogP contribution in [-0.4, -0.2) is 56.3 Å². The molecule has 36 heavy (non-hydrogen) atoms. The number of rotatable bonds is 12. The van der Waals surface area contributed by atoms with Gasteiger partial charge < -0.3 is 10.2 Å². The summed E-state index contributed by atoms with van der Waals surface area (Å²) in [4.78, 5) is 40.0. The van der Waals surface area contributed by atoms with E-state index in [2.05, 4.69) is 5.32 Å². The first-order valence-electron chi connectivity index (χ1n) is 11.7. The highest BCUT2D eigenvalue weighted by molar-refractivity contribution is 7.92. The number of hydrogen-bond donors (Lipinski definition) is 1. The van der Waals surface area contributed by atoms with Crippen LogP contribution in [0.15, 0.2) is 48.5 Å². The van der Waals surface area contributed by atoms with Crippen molar-refractivity contribution in [1.29, 1.82) is 0 Å². The summed E-state index contributed by atoms with van der Waals surface area (Å²) in [7, 11) is -3.90. The number of nitrogens with one attached hydrogen (secondary N) is 1. The average Bonchev–Trinajstić information content (AvgIpc) is 2.81. The van der Waals surface area contributed by atoms with Gasteiger partial charge in [-0.2, -0.15) is 0 Å². The van der Waals surface area contributed by atoms with Gasteiger partial charge in [0.1, 0.15) is 12.6 Å². The number of Topliss-reactive ketones (excluding diaryl/α,β-unsaturated/α-hetero) is 1. The van der Waals surface area contributed by atoms with Gasteiger partial charge in [-0.05, 0) is 43.0 Å². The third-order valence-electron chi connectivity index (χ3n) is 5.59. The van der Waals surface area contributed by atoms with Gasteiger partial charge in [0.15, 0.2) is 5.78 Å². The number of anilines is 1. The van der Waals surface area contributed by atoms with Gasteiger partial charge in [-0.1, -0.05) is 62.7 Å². The number of amides is 2. The number of carbonyl (C=O) groups is 3. The summed E-state index contributed by atoms with van der Waals surface area (Å²) < 4.78 is 26.4. The molecular formula is C26H34ClN3O5S. The van der Waals surface area contributed by atoms with Crippen molar-refractivity contribution < 1.29 is 22.8 Å². The van der Waals surface area contributed by atoms with Crippen LogP contribution in [0, 0.1) is 5.92 Å². The van der Waals surface area contributed by atoms with Crippen molar-refractivity contribution in [2.75, 3.05) is 23.7 Å². The monoisotopic (exact) mass is 535 g/mol. The molecular weight excluding hydrogens is 502 g/mol. The fourth-order valence-corrected chi connectivity index (χ4v) is 4.68. The highest BCUT2D eigenvalue weighted by atomic mass is 35.5. The Labute approximate surface area is 218 Å². The van der Waals surface area contributed by atoms with E-state index in [0.717, 1.165) is 10.6 Å². The maximum atomic E-state index is 13.7. The second-order valence-electron chi connectivity index (χ2n) is 9.05. The number of benzene rings is 2. The fraction of sp³-hybridized carbons (Fsp3) is 0.423. The van der Waals surface area contributed by atoms with Gasteiger partial charge in [-0.3, -0.25) is 18.7 Å². The van der Waals surface area contributed by atoms with Crippen LogP contribution in [0.1, 0.15) is 50.0 Å². The lowest BCUT2D eigenvalue weighted by molar-refractivity contribution is -0.140. The van der Waals surface area contributed by atoms with Crippen molar-refractivity contribution >= 4 is 44.9 Å². The Hall–Kier alpha value is -2.91. The first-order chi connectivity index (χ1) is 16.8. The largest absolute Gasteiger partial charge is 0.354 e. The molecule has 0 bridgehead atoms. The molecule has 0 aliphatic rings. The van der Waals surface area contributed by atoms with E-state index in [1.165, 1.54) is 24.0 Å². The van der Waals surface area contributed by atoms with Gasteiger partial charge in [0.05, 0.1) is 11.9 Å². The summed E-state index contributed by atoms with van der Waals surface area (Å²) >= 11 is 6.35. The van der Waals surface area contributed by atoms with Crippen LogP contribution in [0.4, 0.5) is 5.69 Å². The smallest absolute Gasteiger partial charge is 0.244 e. The van der Waals surface area contributed by atoms with E-state index in [0.29, 0.717) is 29.1 Å². The van der Waals surface area contributed by atoms with Crippen LogP contribution in [-0.2, 0) is 26.2 Å². The number of nitrogens with zero attached hydrogens (tertiary/aromatic N) is 2. The molecule has 1 N–H and O–H groups in total. The van der Waals surface area contributed by atoms with Crippen LogP contribution in [0.25, 0.3) is 0 Å². The lowest BCUT2D eigenvalue weighted by Gasteiger charge is -2.33. The number of hydrogen-bond acceptors (Lipinski definition) is 5. The summed E-state index contributed by atoms with van der Waals surface area (Å²) in [6.45, 7) is 7.02. The summed E-state index contributed by atoms with van der Waals surface area (Å²) in [6.07, 6.45) is 1.31. The maximum absolute atomic E-state index is 13.7. The molecule has 0 spiro atoms. The number of carbonyl (C=O) groups excluding carboxylic acids is 3. The molecule has 0 aliphatic carbocycles. The molecule has 0 saturated carbocycles. The van der Waals surface area contributed by atoms with E-state index in [1.807, 2.05) is 13.8 Å². The molecule has 2 aromatic rings. The molecule has 0 saturated heterocycles. The van der Waals surface area contributed by atoms with E-state index < -0.39 is 28.5 Å². The molecule has 2 amide bonds. The molecule has 8 nitrogen and oxygen atoms in total. The van der Waals surface area contributed by atoms with Crippen LogP contribution in [0.3, 0.4) is 0 Å². The van der Waals surface area contributed by atoms with Gasteiger partial charge in [-0.15, -0.1) is 0 Å². The van der Waals surface area contributed by atoms with Crippen molar-refractivity contribution in [1.82, 2.24) is 10.2 Å². The summed E-state index contributed by atoms with van der Waals surface area (Å²) in [5, 5.41) is 3.30. The van der Waals surface area contributed by atoms with Gasteiger partial charge in [0.2, 0.25) is 21.8 Å². The Balaban J connectivity index is 2.47. The van der Waals surface area contributed by atoms with Gasteiger partial charge in [-0.25, -0.2) is 8.42 Å². The standard InChI is InChI=1S/C26H34ClN3O5S/c1-6-24(26(33)28-15-18(2)3)29(16-21-10-7-8-13-23(21)27)25(32)17-30(36(5,34)35)22-12-9-11-20(14-22)19(4)31/h7-14,18,24H,6,15-17H2,1-5H3,(H,28,33)/t24-/m1/s1. The topological polar surface area (TPSA) is 104 Å². The quantitative estimate of drug-likeness (QED) is 0.415. The van der Waals surface area contributed by atoms with E-state index in [1.54, 1.807) is 43.3 Å². The van der Waals surface area contributed by atoms with E-state index >= 15 is 0 Å². The van der Waals surface area contributed by atoms with Crippen LogP contribution < -0.4 is 9.62 Å². The van der Waals surface area contributed by atoms with Crippen molar-refractivity contribution in [2.45, 2.75) is 46.7 Å². The van der Waals surface area contributed by atoms with Gasteiger partial charge >= 0.3 is 0 Å². The van der Waals surface area contributed by atoms with Crippen molar-refractivity contribution in [2.24, 2.45) is 5.92 Å². The summed E-state index contributed by atoms with van der Waals surface area (Å²) in [6, 6.07) is 12.2. The minimum absolute atomic E-state index is 0.0250. The predicted molar refractivity (Wildman–Crippen MR) is 143 cm³/mol. The SMILES string of the molecule is CC[C@H](C(=O)NCC(C)C)N(Cc1ccccc1Cl)C(=O)CN(c1cccc(C(C)=O)c1)S(C)(=O)=O. The minimum atomic E-state index is -3.90. The van der Waals surface area contributed by atoms with Crippen LogP contribution in [0.5, 0.6) is 0 Å². The molecule has 0 heterocycles. The number of halogens is 1. The van der Waals surface area contributed by atoms with E-state index in [-0.39, 0.29) is 29.8 Å². The van der Waals surface area contributed by atoms with Crippen molar-refractivity contribution in [3.05, 3.63) is 64.7 Å². The Morgan fingerprint density at radius 3 is 2.28 bits per heavy atom. The zero-order valence-corrected chi connectivity index (χ0v) is 22.9. The highest BCUT2D eigenvalue weighted by Gasteiger charge is 2.32. The van der Waals surface area contributed by atoms with Crippen molar-refractivity contribution in [3.8, 4) is 0 Å². The average molecular weight is 536 g/mol. The summed E-state index contributed by atoms with van der Waals surface area (Å²) in [5.74, 6) is -0.908. The molecule has 0 fully saturated rings. The molecule has 0 radical (unpaired) electrons. The van der Waals surface area contributed by atoms with E-state index in [9.17, 15) is 22.8 Å². The Morgan fingerprint density at radius 1 is 1.06 bits per heavy atom. The molecule has 0 aromatic heterocycles. The van der Waals surface area contributed by atoms with Crippen LogP contribution in [0.2, 0.25) is 5.02 Å². The second kappa shape index (κ2) is 12.9. The first-order valence-corrected chi connectivity index (χ1v) is 14.0. The van der Waals surface area contributed by atoms with Gasteiger partial charge in [0, 0.05) is 23.7 Å². The zero-order valence-electron chi connectivity index (χ0n) is 21.3. The minimum Gasteiger partial charge on any atom is -0.354 e. The molecule has 1 atom stereocenters. The molecule has 10 heteroatoms. The molecule has 196 valence electrons. The number of ketones is 1. The van der Waals surface area contributed by atoms with E-state index in [4.69, 9.17) is 11.6 Å². The third-order valence-corrected chi connectivity index (χ3v) is 7.10. The Morgan fingerprint density at radius 2 is 1.72 bits per heavy atom. The molecule has 0 aliphatic heterocycles. The highest BCUT2D eigenvalue weighted by Crippen LogP contribution is 2.23. The Bertz CT molecular complexity index is 1200. The fourth-order valence-electron chi connectivity index (χ4n) is 3.65. The van der Waals surface area contributed by atoms with Crippen molar-refractivity contribution in [3.63, 3.8) is 0 Å². The lowest BCUT2D eigenvalue weighted by atomic mass is 10.1. The number of sulfonamides is 1. The third kappa shape index (κ3) is 8.06. The summed E-state index contributed by atoms with van der Waals surface area (Å²) in [5.41, 5.74) is 1.14. The second-order valence-corrected chi connectivity index (χ2v) is 11.4.